The van der Waals surface area contributed by atoms with Crippen LogP contribution in [0.5, 0.6) is 0 Å². The molecule has 0 aliphatic heterocycles. The third kappa shape index (κ3) is 16.1. The van der Waals surface area contributed by atoms with Crippen molar-refractivity contribution in [2.24, 2.45) is 0 Å². The number of hydrogen-bond donors (Lipinski definition) is 0. The van der Waals surface area contributed by atoms with E-state index < -0.39 is 0 Å². The molecule has 0 aromatic rings. The zero-order valence-corrected chi connectivity index (χ0v) is 10.2. The van der Waals surface area contributed by atoms with E-state index in [0.29, 0.717) is 0 Å². The Morgan fingerprint density at radius 1 is 1.00 bits per heavy atom. The maximum Gasteiger partial charge on any atom is 2.00 e. The molecule has 0 saturated heterocycles. The molecule has 0 bridgehead atoms. The van der Waals surface area contributed by atoms with Crippen molar-refractivity contribution in [3.8, 4) is 0 Å². The molecule has 0 nitrogen and oxygen atoms in total. The smallest absolute Gasteiger partial charge is 1.00 e. The van der Waals surface area contributed by atoms with Crippen molar-refractivity contribution < 1.29 is 17.0 Å². The Kier molecular flexibility index (Phi) is 29.0. The summed E-state index contributed by atoms with van der Waals surface area (Å²) in [5.41, 5.74) is 0. The molecule has 0 aliphatic carbocycles. The molecule has 0 aliphatic rings. The van der Waals surface area contributed by atoms with E-state index in [2.05, 4.69) is 20.3 Å². The summed E-state index contributed by atoms with van der Waals surface area (Å²) < 4.78 is 0. The van der Waals surface area contributed by atoms with E-state index >= 15 is 0 Å². The molecule has 0 amide bonds. The molecule has 0 aromatic carbocycles. The van der Waals surface area contributed by atoms with Crippen LogP contribution < -0.4 is 17.0 Å². The Morgan fingerprint density at radius 2 is 1.60 bits per heavy atom. The van der Waals surface area contributed by atoms with Crippen molar-refractivity contribution >= 4 is 23.1 Å². The predicted octanol–water partition coefficient (Wildman–Crippen LogP) is -0.196. The van der Waals surface area contributed by atoms with Crippen molar-refractivity contribution in [1.82, 2.24) is 0 Å². The molecule has 0 rings (SSSR count). The third-order valence-electron chi connectivity index (χ3n) is 1.25. The van der Waals surface area contributed by atoms with Gasteiger partial charge in [0.1, 0.15) is 0 Å². The zero-order valence-electron chi connectivity index (χ0n) is 7.20. The quantitative estimate of drug-likeness (QED) is 0.340. The minimum Gasteiger partial charge on any atom is -1.00 e. The fourth-order valence-electron chi connectivity index (χ4n) is 0.697. The van der Waals surface area contributed by atoms with Crippen LogP contribution in [0, 0.1) is 6.42 Å². The second kappa shape index (κ2) is 16.7. The molecular weight excluding hydrogens is 200 g/mol. The van der Waals surface area contributed by atoms with Gasteiger partial charge in [0.25, 0.3) is 0 Å². The Hall–Kier alpha value is 1.25. The minimum absolute atomic E-state index is 0. The number of hydrogen-bond acceptors (Lipinski definition) is 0. The van der Waals surface area contributed by atoms with Crippen LogP contribution in [0.15, 0.2) is 0 Å². The average Bonchev–Trinajstić information content (AvgIpc) is 1.81. The molecule has 2 heteroatoms. The summed E-state index contributed by atoms with van der Waals surface area (Å²) in [7, 11) is 0. The Labute approximate surface area is 92.1 Å². The van der Waals surface area contributed by atoms with Crippen molar-refractivity contribution in [1.29, 1.82) is 0 Å². The maximum absolute atomic E-state index is 2.39. The molecule has 0 spiro atoms. The maximum atomic E-state index is 2.39. The Balaban J connectivity index is -0.000000245. The summed E-state index contributed by atoms with van der Waals surface area (Å²) in [4.78, 5) is 0. The Morgan fingerprint density at radius 3 is 2.00 bits per heavy atom. The van der Waals surface area contributed by atoms with Crippen LogP contribution in [-0.2, 0) is 0 Å². The summed E-state index contributed by atoms with van der Waals surface area (Å²) in [6.07, 6.45) is 9.04. The van der Waals surface area contributed by atoms with E-state index in [9.17, 15) is 0 Å². The van der Waals surface area contributed by atoms with Gasteiger partial charge in [-0.15, -0.1) is 0 Å². The minimum atomic E-state index is 0. The van der Waals surface area contributed by atoms with E-state index in [0.717, 1.165) is 0 Å². The molecule has 10 heavy (non-hydrogen) atoms. The Bertz CT molecular complexity index is 34.2. The van der Waals surface area contributed by atoms with Crippen LogP contribution >= 0.6 is 0 Å². The van der Waals surface area contributed by atoms with Gasteiger partial charge in [-0.1, -0.05) is 33.1 Å². The van der Waals surface area contributed by atoms with Gasteiger partial charge in [-0.25, -0.2) is 0 Å². The topological polar surface area (TPSA) is 0 Å². The van der Waals surface area contributed by atoms with Gasteiger partial charge < -0.3 is 23.4 Å². The summed E-state index contributed by atoms with van der Waals surface area (Å²) in [6, 6.07) is 0. The van der Waals surface area contributed by atoms with Crippen LogP contribution in [0.3, 0.4) is 0 Å². The standard InChI is InChI=1S/C8H17.BrH.Mg/c1-3-5-7-8-6-4-2;;/h7H,3-6,8H2,1-2H3;1H;/q-1;;+2/p-1. The van der Waals surface area contributed by atoms with Gasteiger partial charge in [0, 0.05) is 0 Å². The normalized spacial score (nSPS) is 7.80. The van der Waals surface area contributed by atoms with E-state index in [1.54, 1.807) is 0 Å². The summed E-state index contributed by atoms with van der Waals surface area (Å²) in [6.45, 7) is 4.46. The number of halogens is 1. The fraction of sp³-hybridized carbons (Fsp3) is 0.875. The monoisotopic (exact) mass is 216 g/mol. The summed E-state index contributed by atoms with van der Waals surface area (Å²) in [5.74, 6) is 0. The first-order valence-electron chi connectivity index (χ1n) is 3.73. The van der Waals surface area contributed by atoms with Crippen LogP contribution in [0.4, 0.5) is 0 Å². The van der Waals surface area contributed by atoms with Crippen LogP contribution in [0.1, 0.15) is 46.0 Å². The molecule has 0 N–H and O–H groups in total. The third-order valence-corrected chi connectivity index (χ3v) is 1.25. The van der Waals surface area contributed by atoms with Crippen LogP contribution in [0.25, 0.3) is 0 Å². The molecule has 0 fully saturated rings. The molecular formula is C8H17BrMg. The summed E-state index contributed by atoms with van der Waals surface area (Å²) in [5, 5.41) is 0. The molecule has 0 saturated carbocycles. The predicted molar refractivity (Wildman–Crippen MR) is 44.5 cm³/mol. The van der Waals surface area contributed by atoms with Crippen LogP contribution in [-0.4, -0.2) is 23.1 Å². The van der Waals surface area contributed by atoms with Gasteiger partial charge in [0.2, 0.25) is 0 Å². The zero-order chi connectivity index (χ0) is 6.24. The van der Waals surface area contributed by atoms with Crippen molar-refractivity contribution in [2.75, 3.05) is 0 Å². The summed E-state index contributed by atoms with van der Waals surface area (Å²) >= 11 is 0. The number of rotatable bonds is 5. The number of unbranched alkanes of at least 4 members (excludes halogenated alkanes) is 5. The van der Waals surface area contributed by atoms with Crippen molar-refractivity contribution in [2.45, 2.75) is 46.0 Å². The van der Waals surface area contributed by atoms with Gasteiger partial charge in [0.05, 0.1) is 0 Å². The van der Waals surface area contributed by atoms with Gasteiger partial charge in [0.15, 0.2) is 0 Å². The SMILES string of the molecule is CCC[CH-]CCCC.[Br-].[Mg+2]. The van der Waals surface area contributed by atoms with Crippen LogP contribution in [0.2, 0.25) is 0 Å². The van der Waals surface area contributed by atoms with Gasteiger partial charge in [-0.05, 0) is 0 Å². The first kappa shape index (κ1) is 17.4. The first-order chi connectivity index (χ1) is 3.91. The fourth-order valence-corrected chi connectivity index (χ4v) is 0.697. The van der Waals surface area contributed by atoms with Gasteiger partial charge >= 0.3 is 23.1 Å². The molecule has 0 atom stereocenters. The van der Waals surface area contributed by atoms with Gasteiger partial charge in [-0.3, -0.25) is 0 Å². The van der Waals surface area contributed by atoms with E-state index in [1.165, 1.54) is 32.1 Å². The molecule has 0 unspecified atom stereocenters. The van der Waals surface area contributed by atoms with E-state index in [4.69, 9.17) is 0 Å². The van der Waals surface area contributed by atoms with E-state index in [-0.39, 0.29) is 40.0 Å². The second-order valence-corrected chi connectivity index (χ2v) is 2.22. The molecule has 58 valence electrons. The van der Waals surface area contributed by atoms with Crippen molar-refractivity contribution in [3.63, 3.8) is 0 Å². The van der Waals surface area contributed by atoms with Gasteiger partial charge in [-0.2, -0.15) is 12.8 Å². The van der Waals surface area contributed by atoms with E-state index in [1.807, 2.05) is 0 Å². The molecule has 0 radical (unpaired) electrons. The largest absolute Gasteiger partial charge is 2.00 e. The molecule has 0 heterocycles. The first-order valence-corrected chi connectivity index (χ1v) is 3.73. The van der Waals surface area contributed by atoms with Crippen molar-refractivity contribution in [3.05, 3.63) is 6.42 Å². The second-order valence-electron chi connectivity index (χ2n) is 2.22. The molecule has 0 aromatic heterocycles. The average molecular weight is 217 g/mol.